The van der Waals surface area contributed by atoms with E-state index in [1.807, 2.05) is 20.8 Å². The molecular weight excluding hydrogens is 306 g/mol. The SMILES string of the molecule is CC(C)(C)OC(=O)N1CCN(S(=O)(=O)N2CCCCC2)CC1. The topological polar surface area (TPSA) is 70.2 Å². The third kappa shape index (κ3) is 4.33. The zero-order valence-corrected chi connectivity index (χ0v) is 14.6. The average Bonchev–Trinajstić information content (AvgIpc) is 2.46. The van der Waals surface area contributed by atoms with Gasteiger partial charge in [0.2, 0.25) is 0 Å². The van der Waals surface area contributed by atoms with Crippen LogP contribution in [0.4, 0.5) is 4.79 Å². The van der Waals surface area contributed by atoms with Gasteiger partial charge in [0.15, 0.2) is 0 Å². The summed E-state index contributed by atoms with van der Waals surface area (Å²) in [5, 5.41) is 0. The smallest absolute Gasteiger partial charge is 0.410 e. The van der Waals surface area contributed by atoms with Gasteiger partial charge in [-0.05, 0) is 33.6 Å². The summed E-state index contributed by atoms with van der Waals surface area (Å²) in [4.78, 5) is 13.6. The summed E-state index contributed by atoms with van der Waals surface area (Å²) in [6.45, 7) is 8.09. The van der Waals surface area contributed by atoms with Gasteiger partial charge in [0.25, 0.3) is 10.2 Å². The molecule has 0 saturated carbocycles. The second-order valence-corrected chi connectivity index (χ2v) is 8.76. The summed E-state index contributed by atoms with van der Waals surface area (Å²) in [5.41, 5.74) is -0.534. The monoisotopic (exact) mass is 333 g/mol. The standard InChI is InChI=1S/C14H27N3O4S/c1-14(2,3)21-13(18)15-9-11-17(12-10-15)22(19,20)16-7-5-4-6-8-16/h4-12H2,1-3H3. The van der Waals surface area contributed by atoms with E-state index in [-0.39, 0.29) is 6.09 Å². The van der Waals surface area contributed by atoms with Crippen molar-refractivity contribution in [2.24, 2.45) is 0 Å². The molecule has 2 aliphatic heterocycles. The summed E-state index contributed by atoms with van der Waals surface area (Å²) in [7, 11) is -3.38. The summed E-state index contributed by atoms with van der Waals surface area (Å²) in [5.74, 6) is 0. The molecule has 0 aromatic carbocycles. The number of piperazine rings is 1. The molecule has 0 aliphatic carbocycles. The number of carbonyl (C=O) groups excluding carboxylic acids is 1. The van der Waals surface area contributed by atoms with Gasteiger partial charge in [0.1, 0.15) is 5.60 Å². The fraction of sp³-hybridized carbons (Fsp3) is 0.929. The lowest BCUT2D eigenvalue weighted by molar-refractivity contribution is 0.0189. The van der Waals surface area contributed by atoms with Crippen LogP contribution >= 0.6 is 0 Å². The first-order valence-electron chi connectivity index (χ1n) is 7.93. The zero-order chi connectivity index (χ0) is 16.4. The van der Waals surface area contributed by atoms with Crippen molar-refractivity contribution >= 4 is 16.3 Å². The molecule has 0 atom stereocenters. The van der Waals surface area contributed by atoms with E-state index in [9.17, 15) is 13.2 Å². The van der Waals surface area contributed by atoms with E-state index in [1.165, 1.54) is 4.31 Å². The van der Waals surface area contributed by atoms with Crippen LogP contribution in [0, 0.1) is 0 Å². The Labute approximate surface area is 133 Å². The summed E-state index contributed by atoms with van der Waals surface area (Å²) in [6, 6.07) is 0. The van der Waals surface area contributed by atoms with Gasteiger partial charge in [-0.25, -0.2) is 4.79 Å². The van der Waals surface area contributed by atoms with Crippen LogP contribution in [0.1, 0.15) is 40.0 Å². The molecular formula is C14H27N3O4S. The number of ether oxygens (including phenoxy) is 1. The lowest BCUT2D eigenvalue weighted by Crippen LogP contribution is -2.55. The van der Waals surface area contributed by atoms with Crippen molar-refractivity contribution in [1.29, 1.82) is 0 Å². The van der Waals surface area contributed by atoms with Crippen LogP contribution in [-0.2, 0) is 14.9 Å². The minimum absolute atomic E-state index is 0.331. The van der Waals surface area contributed by atoms with E-state index >= 15 is 0 Å². The zero-order valence-electron chi connectivity index (χ0n) is 13.7. The molecule has 22 heavy (non-hydrogen) atoms. The maximum atomic E-state index is 12.6. The number of carbonyl (C=O) groups is 1. The predicted octanol–water partition coefficient (Wildman–Crippen LogP) is 1.27. The van der Waals surface area contributed by atoms with Gasteiger partial charge >= 0.3 is 6.09 Å². The van der Waals surface area contributed by atoms with Gasteiger partial charge in [0, 0.05) is 39.3 Å². The molecule has 0 radical (unpaired) electrons. The molecule has 2 aliphatic rings. The van der Waals surface area contributed by atoms with Gasteiger partial charge in [-0.1, -0.05) is 6.42 Å². The number of amides is 1. The first-order valence-corrected chi connectivity index (χ1v) is 9.33. The van der Waals surface area contributed by atoms with Crippen LogP contribution in [0.25, 0.3) is 0 Å². The molecule has 8 heteroatoms. The number of nitrogens with zero attached hydrogens (tertiary/aromatic N) is 3. The average molecular weight is 333 g/mol. The second kappa shape index (κ2) is 6.72. The molecule has 0 spiro atoms. The van der Waals surface area contributed by atoms with E-state index in [2.05, 4.69) is 0 Å². The van der Waals surface area contributed by atoms with Gasteiger partial charge in [-0.15, -0.1) is 0 Å². The van der Waals surface area contributed by atoms with Gasteiger partial charge in [0.05, 0.1) is 0 Å². The summed E-state index contributed by atoms with van der Waals surface area (Å²) in [6.07, 6.45) is 2.58. The molecule has 2 rings (SSSR count). The van der Waals surface area contributed by atoms with Crippen LogP contribution in [-0.4, -0.2) is 72.9 Å². The number of hydrogen-bond acceptors (Lipinski definition) is 4. The van der Waals surface area contributed by atoms with Crippen molar-refractivity contribution in [1.82, 2.24) is 13.5 Å². The molecule has 2 saturated heterocycles. The fourth-order valence-electron chi connectivity index (χ4n) is 2.69. The molecule has 128 valence electrons. The highest BCUT2D eigenvalue weighted by molar-refractivity contribution is 7.86. The predicted molar refractivity (Wildman–Crippen MR) is 83.7 cm³/mol. The fourth-order valence-corrected chi connectivity index (χ4v) is 4.36. The Bertz CT molecular complexity index is 487. The first-order chi connectivity index (χ1) is 10.2. The van der Waals surface area contributed by atoms with Crippen molar-refractivity contribution in [3.05, 3.63) is 0 Å². The number of hydrogen-bond donors (Lipinski definition) is 0. The van der Waals surface area contributed by atoms with Crippen molar-refractivity contribution in [2.75, 3.05) is 39.3 Å². The third-order valence-corrected chi connectivity index (χ3v) is 5.89. The summed E-state index contributed by atoms with van der Waals surface area (Å²) < 4.78 is 33.5. The van der Waals surface area contributed by atoms with E-state index in [4.69, 9.17) is 4.74 Å². The van der Waals surface area contributed by atoms with E-state index in [0.717, 1.165) is 19.3 Å². The number of piperidine rings is 1. The Balaban J connectivity index is 1.90. The van der Waals surface area contributed by atoms with Crippen LogP contribution in [0.3, 0.4) is 0 Å². The van der Waals surface area contributed by atoms with Crippen molar-refractivity contribution in [3.63, 3.8) is 0 Å². The van der Waals surface area contributed by atoms with Crippen LogP contribution in [0.2, 0.25) is 0 Å². The van der Waals surface area contributed by atoms with Crippen molar-refractivity contribution < 1.29 is 17.9 Å². The Hall–Kier alpha value is -0.860. The minimum atomic E-state index is -3.38. The van der Waals surface area contributed by atoms with Crippen LogP contribution in [0.15, 0.2) is 0 Å². The second-order valence-electron chi connectivity index (χ2n) is 6.83. The van der Waals surface area contributed by atoms with Crippen LogP contribution < -0.4 is 0 Å². The molecule has 2 heterocycles. The Morgan fingerprint density at radius 3 is 1.86 bits per heavy atom. The van der Waals surface area contributed by atoms with Gasteiger partial charge < -0.3 is 9.64 Å². The molecule has 0 aromatic rings. The third-order valence-electron chi connectivity index (χ3n) is 3.86. The maximum Gasteiger partial charge on any atom is 0.410 e. The summed E-state index contributed by atoms with van der Waals surface area (Å²) >= 11 is 0. The maximum absolute atomic E-state index is 12.6. The highest BCUT2D eigenvalue weighted by Crippen LogP contribution is 2.19. The lowest BCUT2D eigenvalue weighted by Gasteiger charge is -2.38. The van der Waals surface area contributed by atoms with E-state index in [0.29, 0.717) is 39.3 Å². The van der Waals surface area contributed by atoms with Gasteiger partial charge in [-0.3, -0.25) is 0 Å². The van der Waals surface area contributed by atoms with Crippen molar-refractivity contribution in [3.8, 4) is 0 Å². The van der Waals surface area contributed by atoms with Gasteiger partial charge in [-0.2, -0.15) is 17.0 Å². The van der Waals surface area contributed by atoms with E-state index in [1.54, 1.807) is 9.21 Å². The van der Waals surface area contributed by atoms with Crippen molar-refractivity contribution in [2.45, 2.75) is 45.6 Å². The Morgan fingerprint density at radius 2 is 1.36 bits per heavy atom. The molecule has 0 N–H and O–H groups in total. The highest BCUT2D eigenvalue weighted by atomic mass is 32.2. The van der Waals surface area contributed by atoms with Crippen LogP contribution in [0.5, 0.6) is 0 Å². The Morgan fingerprint density at radius 1 is 0.864 bits per heavy atom. The molecule has 0 unspecified atom stereocenters. The normalized spacial score (nSPS) is 22.6. The molecule has 7 nitrogen and oxygen atoms in total. The first kappa shape index (κ1) is 17.5. The minimum Gasteiger partial charge on any atom is -0.444 e. The Kier molecular flexibility index (Phi) is 5.34. The van der Waals surface area contributed by atoms with E-state index < -0.39 is 15.8 Å². The molecule has 0 aromatic heterocycles. The highest BCUT2D eigenvalue weighted by Gasteiger charge is 2.34. The quantitative estimate of drug-likeness (QED) is 0.763. The molecule has 0 bridgehead atoms. The largest absolute Gasteiger partial charge is 0.444 e. The lowest BCUT2D eigenvalue weighted by atomic mass is 10.2. The number of rotatable bonds is 2. The molecule has 1 amide bonds. The molecule has 2 fully saturated rings.